The van der Waals surface area contributed by atoms with Crippen LogP contribution in [0.2, 0.25) is 0 Å². The number of nitrogens with one attached hydrogen (secondary N) is 1. The summed E-state index contributed by atoms with van der Waals surface area (Å²) < 4.78 is 0. The van der Waals surface area contributed by atoms with Gasteiger partial charge in [-0.1, -0.05) is 38.5 Å². The molecule has 0 amide bonds. The van der Waals surface area contributed by atoms with Crippen molar-refractivity contribution in [3.63, 3.8) is 0 Å². The molecule has 3 heteroatoms. The van der Waals surface area contributed by atoms with Crippen molar-refractivity contribution in [2.45, 2.75) is 51.5 Å². The van der Waals surface area contributed by atoms with Gasteiger partial charge in [0.2, 0.25) is 0 Å². The third-order valence-corrected chi connectivity index (χ3v) is 4.63. The Morgan fingerprint density at radius 2 is 2.47 bits per heavy atom. The van der Waals surface area contributed by atoms with Gasteiger partial charge in [-0.05, 0) is 25.2 Å². The van der Waals surface area contributed by atoms with E-state index in [9.17, 15) is 0 Å². The summed E-state index contributed by atoms with van der Waals surface area (Å²) in [5.74, 6) is 2.12. The highest BCUT2D eigenvalue weighted by Crippen LogP contribution is 2.38. The summed E-state index contributed by atoms with van der Waals surface area (Å²) in [6.07, 6.45) is 6.63. The Bertz CT molecular complexity index is 252. The summed E-state index contributed by atoms with van der Waals surface area (Å²) in [5.41, 5.74) is 0.398. The van der Waals surface area contributed by atoms with Crippen LogP contribution in [0.1, 0.15) is 46.0 Å². The Hall–Kier alpha value is -0.180. The SMILES string of the molecule is CCCN=C1NC2(CCCC(C)C2)CS1. The van der Waals surface area contributed by atoms with Crippen molar-refractivity contribution in [3.05, 3.63) is 0 Å². The molecule has 2 unspecified atom stereocenters. The van der Waals surface area contributed by atoms with Crippen molar-refractivity contribution in [1.29, 1.82) is 0 Å². The van der Waals surface area contributed by atoms with Gasteiger partial charge in [-0.3, -0.25) is 4.99 Å². The lowest BCUT2D eigenvalue weighted by atomic mass is 9.78. The van der Waals surface area contributed by atoms with Gasteiger partial charge in [0.15, 0.2) is 5.17 Å². The molecule has 1 spiro atoms. The third-order valence-electron chi connectivity index (χ3n) is 3.43. The molecule has 2 nitrogen and oxygen atoms in total. The van der Waals surface area contributed by atoms with Crippen LogP contribution in [0, 0.1) is 5.92 Å². The van der Waals surface area contributed by atoms with Gasteiger partial charge in [-0.15, -0.1) is 0 Å². The molecule has 0 radical (unpaired) electrons. The number of hydrogen-bond donors (Lipinski definition) is 1. The lowest BCUT2D eigenvalue weighted by Crippen LogP contribution is -2.47. The lowest BCUT2D eigenvalue weighted by Gasteiger charge is -2.36. The molecule has 1 aliphatic carbocycles. The van der Waals surface area contributed by atoms with Crippen LogP contribution < -0.4 is 5.32 Å². The molecule has 0 aromatic carbocycles. The van der Waals surface area contributed by atoms with E-state index in [1.807, 2.05) is 11.8 Å². The number of amidine groups is 1. The van der Waals surface area contributed by atoms with Crippen LogP contribution in [0.15, 0.2) is 4.99 Å². The Morgan fingerprint density at radius 3 is 3.20 bits per heavy atom. The maximum Gasteiger partial charge on any atom is 0.157 e. The number of nitrogens with zero attached hydrogens (tertiary/aromatic N) is 1. The second-order valence-corrected chi connectivity index (χ2v) is 6.05. The average molecular weight is 226 g/mol. The zero-order valence-electron chi connectivity index (χ0n) is 9.88. The maximum absolute atomic E-state index is 4.58. The van der Waals surface area contributed by atoms with Gasteiger partial charge >= 0.3 is 0 Å². The molecule has 2 aliphatic rings. The Kier molecular flexibility index (Phi) is 3.60. The lowest BCUT2D eigenvalue weighted by molar-refractivity contribution is 0.242. The normalized spacial score (nSPS) is 38.5. The monoisotopic (exact) mass is 226 g/mol. The van der Waals surface area contributed by atoms with Crippen LogP contribution in [0.25, 0.3) is 0 Å². The topological polar surface area (TPSA) is 24.4 Å². The smallest absolute Gasteiger partial charge is 0.157 e. The summed E-state index contributed by atoms with van der Waals surface area (Å²) in [7, 11) is 0. The number of rotatable bonds is 2. The summed E-state index contributed by atoms with van der Waals surface area (Å²) in [4.78, 5) is 4.58. The zero-order valence-corrected chi connectivity index (χ0v) is 10.7. The fourth-order valence-corrected chi connectivity index (χ4v) is 3.93. The fraction of sp³-hybridized carbons (Fsp3) is 0.917. The predicted molar refractivity (Wildman–Crippen MR) is 68.5 cm³/mol. The molecule has 1 N–H and O–H groups in total. The van der Waals surface area contributed by atoms with Gasteiger partial charge in [0.1, 0.15) is 0 Å². The quantitative estimate of drug-likeness (QED) is 0.782. The second kappa shape index (κ2) is 4.77. The Balaban J connectivity index is 1.95. The molecular formula is C12H22N2S. The van der Waals surface area contributed by atoms with Crippen LogP contribution in [-0.2, 0) is 0 Å². The first-order chi connectivity index (χ1) is 7.24. The van der Waals surface area contributed by atoms with E-state index < -0.39 is 0 Å². The molecule has 0 bridgehead atoms. The maximum atomic E-state index is 4.58. The fourth-order valence-electron chi connectivity index (χ4n) is 2.71. The van der Waals surface area contributed by atoms with E-state index in [4.69, 9.17) is 0 Å². The molecule has 2 fully saturated rings. The molecule has 1 saturated heterocycles. The first kappa shape index (κ1) is 11.3. The Labute approximate surface area is 97.3 Å². The summed E-state index contributed by atoms with van der Waals surface area (Å²) >= 11 is 1.93. The minimum atomic E-state index is 0.398. The highest BCUT2D eigenvalue weighted by Gasteiger charge is 2.40. The zero-order chi connectivity index (χ0) is 10.7. The van der Waals surface area contributed by atoms with Crippen LogP contribution in [0.4, 0.5) is 0 Å². The molecule has 1 saturated carbocycles. The van der Waals surface area contributed by atoms with Crippen LogP contribution in [0.5, 0.6) is 0 Å². The van der Waals surface area contributed by atoms with Crippen molar-refractivity contribution < 1.29 is 0 Å². The first-order valence-corrected chi connectivity index (χ1v) is 7.18. The molecule has 2 atom stereocenters. The van der Waals surface area contributed by atoms with Gasteiger partial charge in [-0.2, -0.15) is 0 Å². The van der Waals surface area contributed by atoms with Crippen LogP contribution in [0.3, 0.4) is 0 Å². The second-order valence-electron chi connectivity index (χ2n) is 5.08. The van der Waals surface area contributed by atoms with Gasteiger partial charge in [-0.25, -0.2) is 0 Å². The number of thioether (sulfide) groups is 1. The molecule has 15 heavy (non-hydrogen) atoms. The summed E-state index contributed by atoms with van der Waals surface area (Å²) in [5, 5.41) is 4.88. The number of aliphatic imine (C=N–C) groups is 1. The van der Waals surface area contributed by atoms with Gasteiger partial charge in [0.25, 0.3) is 0 Å². The van der Waals surface area contributed by atoms with Crippen molar-refractivity contribution in [2.75, 3.05) is 12.3 Å². The summed E-state index contributed by atoms with van der Waals surface area (Å²) in [6, 6.07) is 0. The van der Waals surface area contributed by atoms with Crippen molar-refractivity contribution in [3.8, 4) is 0 Å². The molecule has 2 rings (SSSR count). The van der Waals surface area contributed by atoms with Gasteiger partial charge < -0.3 is 5.32 Å². The molecule has 0 aromatic rings. The highest BCUT2D eigenvalue weighted by molar-refractivity contribution is 8.14. The van der Waals surface area contributed by atoms with Gasteiger partial charge in [0, 0.05) is 17.8 Å². The van der Waals surface area contributed by atoms with E-state index in [1.54, 1.807) is 0 Å². The number of hydrogen-bond acceptors (Lipinski definition) is 2. The average Bonchev–Trinajstić information content (AvgIpc) is 2.58. The molecule has 0 aromatic heterocycles. The van der Waals surface area contributed by atoms with Crippen molar-refractivity contribution >= 4 is 16.9 Å². The highest BCUT2D eigenvalue weighted by atomic mass is 32.2. The molecule has 86 valence electrons. The standard InChI is InChI=1S/C12H22N2S/c1-3-7-13-11-14-12(9-15-11)6-4-5-10(2)8-12/h10H,3-9H2,1-2H3,(H,13,14). The van der Waals surface area contributed by atoms with E-state index in [1.165, 1.54) is 36.6 Å². The van der Waals surface area contributed by atoms with Crippen LogP contribution in [-0.4, -0.2) is 23.0 Å². The van der Waals surface area contributed by atoms with E-state index in [-0.39, 0.29) is 0 Å². The minimum Gasteiger partial charge on any atom is -0.359 e. The van der Waals surface area contributed by atoms with E-state index >= 15 is 0 Å². The Morgan fingerprint density at radius 1 is 1.60 bits per heavy atom. The van der Waals surface area contributed by atoms with E-state index in [0.717, 1.165) is 18.9 Å². The predicted octanol–water partition coefficient (Wildman–Crippen LogP) is 3.04. The molecule has 1 aliphatic heterocycles. The first-order valence-electron chi connectivity index (χ1n) is 6.19. The third kappa shape index (κ3) is 2.68. The van der Waals surface area contributed by atoms with E-state index in [0.29, 0.717) is 5.54 Å². The van der Waals surface area contributed by atoms with Crippen LogP contribution >= 0.6 is 11.8 Å². The minimum absolute atomic E-state index is 0.398. The van der Waals surface area contributed by atoms with Gasteiger partial charge in [0.05, 0.1) is 0 Å². The molecule has 1 heterocycles. The van der Waals surface area contributed by atoms with Crippen molar-refractivity contribution in [2.24, 2.45) is 10.9 Å². The molecular weight excluding hydrogens is 204 g/mol. The largest absolute Gasteiger partial charge is 0.359 e. The van der Waals surface area contributed by atoms with Crippen molar-refractivity contribution in [1.82, 2.24) is 5.32 Å². The summed E-state index contributed by atoms with van der Waals surface area (Å²) in [6.45, 7) is 5.54. The van der Waals surface area contributed by atoms with E-state index in [2.05, 4.69) is 24.2 Å².